The number of carbonyl (C=O) groups excluding carboxylic acids is 1. The lowest BCUT2D eigenvalue weighted by Crippen LogP contribution is -2.44. The van der Waals surface area contributed by atoms with Crippen molar-refractivity contribution < 1.29 is 14.2 Å². The summed E-state index contributed by atoms with van der Waals surface area (Å²) in [5, 5.41) is 10.7. The molecule has 1 aliphatic rings. The molecule has 1 aromatic carbocycles. The van der Waals surface area contributed by atoms with Crippen LogP contribution < -0.4 is 10.1 Å². The first-order valence-electron chi connectivity index (χ1n) is 7.87. The Bertz CT molecular complexity index is 690. The maximum atomic E-state index is 12.5. The van der Waals surface area contributed by atoms with Crippen LogP contribution in [0, 0.1) is 6.92 Å². The van der Waals surface area contributed by atoms with E-state index in [1.165, 1.54) is 0 Å². The molecule has 0 saturated heterocycles. The standard InChI is InChI=1S/C17H21N3O3/c1-12-14(20-23-19-12)11-16(21)18-17(9-5-6-10-17)13-7-3-4-8-15(13)22-2/h3-4,7-8H,5-6,9-11H2,1-2H3,(H,18,21). The van der Waals surface area contributed by atoms with Crippen LogP contribution in [0.15, 0.2) is 28.9 Å². The molecule has 0 bridgehead atoms. The lowest BCUT2D eigenvalue weighted by molar-refractivity contribution is -0.122. The molecule has 1 amide bonds. The smallest absolute Gasteiger partial charge is 0.226 e. The van der Waals surface area contributed by atoms with Crippen molar-refractivity contribution in [2.24, 2.45) is 0 Å². The number of hydrogen-bond donors (Lipinski definition) is 1. The van der Waals surface area contributed by atoms with Crippen LogP contribution in [-0.4, -0.2) is 23.3 Å². The monoisotopic (exact) mass is 315 g/mol. The van der Waals surface area contributed by atoms with Gasteiger partial charge in [0.1, 0.15) is 17.1 Å². The molecule has 0 atom stereocenters. The molecule has 122 valence electrons. The first-order chi connectivity index (χ1) is 11.1. The van der Waals surface area contributed by atoms with E-state index in [1.807, 2.05) is 24.3 Å². The summed E-state index contributed by atoms with van der Waals surface area (Å²) in [5.74, 6) is 0.741. The summed E-state index contributed by atoms with van der Waals surface area (Å²) in [6.45, 7) is 1.78. The highest BCUT2D eigenvalue weighted by molar-refractivity contribution is 5.79. The fourth-order valence-electron chi connectivity index (χ4n) is 3.35. The number of nitrogens with one attached hydrogen (secondary N) is 1. The van der Waals surface area contributed by atoms with Crippen LogP contribution in [-0.2, 0) is 16.8 Å². The van der Waals surface area contributed by atoms with Gasteiger partial charge in [-0.2, -0.15) is 0 Å². The van der Waals surface area contributed by atoms with Gasteiger partial charge in [0.25, 0.3) is 0 Å². The van der Waals surface area contributed by atoms with Gasteiger partial charge in [-0.3, -0.25) is 4.79 Å². The van der Waals surface area contributed by atoms with Crippen molar-refractivity contribution in [3.8, 4) is 5.75 Å². The number of nitrogens with zero attached hydrogens (tertiary/aromatic N) is 2. The maximum absolute atomic E-state index is 12.5. The third-order valence-electron chi connectivity index (χ3n) is 4.53. The van der Waals surface area contributed by atoms with Crippen LogP contribution in [0.25, 0.3) is 0 Å². The lowest BCUT2D eigenvalue weighted by atomic mass is 9.87. The van der Waals surface area contributed by atoms with E-state index in [1.54, 1.807) is 14.0 Å². The molecule has 1 fully saturated rings. The maximum Gasteiger partial charge on any atom is 0.226 e. The molecule has 0 spiro atoms. The number of rotatable bonds is 5. The summed E-state index contributed by atoms with van der Waals surface area (Å²) in [4.78, 5) is 12.5. The number of ether oxygens (including phenoxy) is 1. The molecular weight excluding hydrogens is 294 g/mol. The van der Waals surface area contributed by atoms with Gasteiger partial charge in [0.05, 0.1) is 19.1 Å². The molecule has 1 N–H and O–H groups in total. The molecular formula is C17H21N3O3. The Morgan fingerprint density at radius 3 is 2.70 bits per heavy atom. The minimum Gasteiger partial charge on any atom is -0.496 e. The van der Waals surface area contributed by atoms with E-state index < -0.39 is 0 Å². The third-order valence-corrected chi connectivity index (χ3v) is 4.53. The summed E-state index contributed by atoms with van der Waals surface area (Å²) in [6.07, 6.45) is 4.17. The zero-order valence-corrected chi connectivity index (χ0v) is 13.5. The van der Waals surface area contributed by atoms with Gasteiger partial charge in [-0.15, -0.1) is 0 Å². The van der Waals surface area contributed by atoms with E-state index in [9.17, 15) is 4.79 Å². The summed E-state index contributed by atoms with van der Waals surface area (Å²) in [6, 6.07) is 7.90. The van der Waals surface area contributed by atoms with Crippen LogP contribution >= 0.6 is 0 Å². The van der Waals surface area contributed by atoms with Crippen LogP contribution in [0.5, 0.6) is 5.75 Å². The number of methoxy groups -OCH3 is 1. The number of benzene rings is 1. The molecule has 1 heterocycles. The van der Waals surface area contributed by atoms with Crippen LogP contribution in [0.2, 0.25) is 0 Å². The Morgan fingerprint density at radius 1 is 1.30 bits per heavy atom. The van der Waals surface area contributed by atoms with Crippen molar-refractivity contribution in [1.29, 1.82) is 0 Å². The number of para-hydroxylation sites is 1. The predicted molar refractivity (Wildman–Crippen MR) is 84.0 cm³/mol. The highest BCUT2D eigenvalue weighted by Crippen LogP contribution is 2.42. The molecule has 1 aromatic heterocycles. The Hall–Kier alpha value is -2.37. The second kappa shape index (κ2) is 6.40. The van der Waals surface area contributed by atoms with E-state index >= 15 is 0 Å². The summed E-state index contributed by atoms with van der Waals surface area (Å²) in [7, 11) is 1.66. The Balaban J connectivity index is 1.84. The number of aromatic nitrogens is 2. The van der Waals surface area contributed by atoms with E-state index in [-0.39, 0.29) is 17.9 Å². The molecule has 6 heteroatoms. The van der Waals surface area contributed by atoms with Crippen molar-refractivity contribution in [2.45, 2.75) is 44.6 Å². The lowest BCUT2D eigenvalue weighted by Gasteiger charge is -2.32. The normalized spacial score (nSPS) is 16.3. The zero-order valence-electron chi connectivity index (χ0n) is 13.5. The average molecular weight is 315 g/mol. The topological polar surface area (TPSA) is 77.2 Å². The Labute approximate surface area is 135 Å². The molecule has 0 radical (unpaired) electrons. The highest BCUT2D eigenvalue weighted by atomic mass is 16.6. The van der Waals surface area contributed by atoms with Crippen molar-refractivity contribution in [2.75, 3.05) is 7.11 Å². The molecule has 0 unspecified atom stereocenters. The fourth-order valence-corrected chi connectivity index (χ4v) is 3.35. The Morgan fingerprint density at radius 2 is 2.04 bits per heavy atom. The van der Waals surface area contributed by atoms with Gasteiger partial charge in [-0.05, 0) is 25.8 Å². The number of amides is 1. The van der Waals surface area contributed by atoms with Crippen LogP contribution in [0.4, 0.5) is 0 Å². The number of aryl methyl sites for hydroxylation is 1. The quantitative estimate of drug-likeness (QED) is 0.917. The number of carbonyl (C=O) groups is 1. The predicted octanol–water partition coefficient (Wildman–Crippen LogP) is 2.51. The van der Waals surface area contributed by atoms with Crippen molar-refractivity contribution in [3.63, 3.8) is 0 Å². The van der Waals surface area contributed by atoms with Gasteiger partial charge >= 0.3 is 0 Å². The van der Waals surface area contributed by atoms with Crippen molar-refractivity contribution in [1.82, 2.24) is 15.6 Å². The van der Waals surface area contributed by atoms with Gasteiger partial charge in [0.15, 0.2) is 0 Å². The molecule has 6 nitrogen and oxygen atoms in total. The van der Waals surface area contributed by atoms with Gasteiger partial charge in [-0.1, -0.05) is 41.4 Å². The summed E-state index contributed by atoms with van der Waals surface area (Å²) < 4.78 is 10.2. The second-order valence-corrected chi connectivity index (χ2v) is 6.01. The minimum absolute atomic E-state index is 0.0726. The molecule has 23 heavy (non-hydrogen) atoms. The third kappa shape index (κ3) is 3.06. The zero-order chi connectivity index (χ0) is 16.3. The summed E-state index contributed by atoms with van der Waals surface area (Å²) in [5.41, 5.74) is 1.91. The van der Waals surface area contributed by atoms with Crippen LogP contribution in [0.3, 0.4) is 0 Å². The SMILES string of the molecule is COc1ccccc1C1(NC(=O)Cc2nonc2C)CCCC1. The van der Waals surface area contributed by atoms with E-state index in [2.05, 4.69) is 20.3 Å². The molecule has 1 saturated carbocycles. The van der Waals surface area contributed by atoms with Crippen molar-refractivity contribution >= 4 is 5.91 Å². The largest absolute Gasteiger partial charge is 0.496 e. The van der Waals surface area contributed by atoms with E-state index in [0.29, 0.717) is 11.4 Å². The summed E-state index contributed by atoms with van der Waals surface area (Å²) >= 11 is 0. The fraction of sp³-hybridized carbons (Fsp3) is 0.471. The highest BCUT2D eigenvalue weighted by Gasteiger charge is 2.39. The first-order valence-corrected chi connectivity index (χ1v) is 7.87. The number of hydrogen-bond acceptors (Lipinski definition) is 5. The van der Waals surface area contributed by atoms with E-state index in [0.717, 1.165) is 37.0 Å². The first kappa shape index (κ1) is 15.5. The second-order valence-electron chi connectivity index (χ2n) is 6.01. The molecule has 1 aliphatic carbocycles. The molecule has 0 aliphatic heterocycles. The van der Waals surface area contributed by atoms with Gasteiger partial charge in [0, 0.05) is 5.56 Å². The minimum atomic E-state index is -0.366. The van der Waals surface area contributed by atoms with Crippen molar-refractivity contribution in [3.05, 3.63) is 41.2 Å². The van der Waals surface area contributed by atoms with E-state index in [4.69, 9.17) is 4.74 Å². The van der Waals surface area contributed by atoms with Gasteiger partial charge < -0.3 is 10.1 Å². The van der Waals surface area contributed by atoms with Gasteiger partial charge in [0.2, 0.25) is 5.91 Å². The van der Waals surface area contributed by atoms with Gasteiger partial charge in [-0.25, -0.2) is 4.63 Å². The average Bonchev–Trinajstić information content (AvgIpc) is 3.18. The Kier molecular flexibility index (Phi) is 4.32. The molecule has 3 rings (SSSR count). The molecule has 2 aromatic rings. The van der Waals surface area contributed by atoms with Crippen LogP contribution in [0.1, 0.15) is 42.6 Å².